The molecule has 2 aromatic heterocycles. The van der Waals surface area contributed by atoms with Gasteiger partial charge in [0.05, 0.1) is 11.4 Å². The maximum Gasteiger partial charge on any atom is 0.349 e. The van der Waals surface area contributed by atoms with Gasteiger partial charge in [0.15, 0.2) is 6.10 Å². The Morgan fingerprint density at radius 3 is 2.45 bits per heavy atom. The van der Waals surface area contributed by atoms with Gasteiger partial charge < -0.3 is 10.1 Å². The van der Waals surface area contributed by atoms with Gasteiger partial charge >= 0.3 is 12.0 Å². The molecule has 164 valence electrons. The lowest BCUT2D eigenvalue weighted by atomic mass is 10.1. The van der Waals surface area contributed by atoms with Gasteiger partial charge in [-0.05, 0) is 65.0 Å². The van der Waals surface area contributed by atoms with Crippen LogP contribution in [0.15, 0.2) is 30.3 Å². The van der Waals surface area contributed by atoms with Gasteiger partial charge in [-0.15, -0.1) is 11.3 Å². The third kappa shape index (κ3) is 5.42. The number of nitrogens with zero attached hydrogens (tertiary/aromatic N) is 2. The van der Waals surface area contributed by atoms with Crippen LogP contribution in [0.3, 0.4) is 0 Å². The van der Waals surface area contributed by atoms with E-state index in [2.05, 4.69) is 15.7 Å². The van der Waals surface area contributed by atoms with Crippen LogP contribution in [0.25, 0.3) is 15.9 Å². The number of halogens is 1. The average Bonchev–Trinajstić information content (AvgIpc) is 3.21. The number of hydrogen-bond donors (Lipinski definition) is 2. The van der Waals surface area contributed by atoms with E-state index in [0.29, 0.717) is 9.90 Å². The molecule has 3 aromatic rings. The van der Waals surface area contributed by atoms with E-state index in [1.165, 1.54) is 18.3 Å². The van der Waals surface area contributed by atoms with Gasteiger partial charge in [-0.3, -0.25) is 10.1 Å². The summed E-state index contributed by atoms with van der Waals surface area (Å²) in [6.45, 7) is 8.62. The van der Waals surface area contributed by atoms with Crippen molar-refractivity contribution in [2.45, 2.75) is 46.3 Å². The number of hydrogen-bond acceptors (Lipinski definition) is 6. The molecule has 3 amide bonds. The molecule has 1 unspecified atom stereocenters. The third-order valence-electron chi connectivity index (χ3n) is 4.20. The molecule has 2 N–H and O–H groups in total. The molecule has 31 heavy (non-hydrogen) atoms. The maximum atomic E-state index is 12.6. The van der Waals surface area contributed by atoms with Crippen LogP contribution < -0.4 is 10.6 Å². The first-order chi connectivity index (χ1) is 14.4. The number of fused-ring (bicyclic) bond motifs is 1. The Morgan fingerprint density at radius 1 is 1.19 bits per heavy atom. The highest BCUT2D eigenvalue weighted by Crippen LogP contribution is 2.31. The Balaban J connectivity index is 1.74. The Morgan fingerprint density at radius 2 is 1.84 bits per heavy atom. The van der Waals surface area contributed by atoms with Crippen molar-refractivity contribution in [1.29, 1.82) is 0 Å². The first-order valence-corrected chi connectivity index (χ1v) is 10.7. The number of imide groups is 1. The van der Waals surface area contributed by atoms with Crippen LogP contribution in [0.5, 0.6) is 0 Å². The van der Waals surface area contributed by atoms with Crippen molar-refractivity contribution in [3.63, 3.8) is 0 Å². The minimum absolute atomic E-state index is 0.331. The number of rotatable bonds is 4. The van der Waals surface area contributed by atoms with E-state index in [1.807, 2.05) is 19.1 Å². The number of carbonyl (C=O) groups is 3. The van der Waals surface area contributed by atoms with Gasteiger partial charge in [-0.1, -0.05) is 11.6 Å². The molecular formula is C21H23ClN4O4S. The summed E-state index contributed by atoms with van der Waals surface area (Å²) >= 11 is 7.17. The molecule has 0 fully saturated rings. The lowest BCUT2D eigenvalue weighted by Gasteiger charge is -2.21. The zero-order valence-corrected chi connectivity index (χ0v) is 19.4. The molecule has 0 radical (unpaired) electrons. The highest BCUT2D eigenvalue weighted by Gasteiger charge is 2.24. The standard InChI is InChI=1S/C21H23ClN4O4S/c1-11-15-10-16(31-18(15)26(25-11)14-8-6-13(22)7-9-14)19(28)30-12(2)17(27)23-20(29)24-21(3,4)5/h6-10,12H,1-5H3,(H2,23,24,27,29). The molecule has 0 aliphatic heterocycles. The number of aryl methyl sites for hydroxylation is 1. The molecular weight excluding hydrogens is 440 g/mol. The van der Waals surface area contributed by atoms with Crippen LogP contribution in [-0.2, 0) is 9.53 Å². The van der Waals surface area contributed by atoms with Gasteiger partial charge in [-0.25, -0.2) is 14.3 Å². The van der Waals surface area contributed by atoms with Gasteiger partial charge in [0, 0.05) is 15.9 Å². The van der Waals surface area contributed by atoms with E-state index in [-0.39, 0.29) is 0 Å². The predicted octanol–water partition coefficient (Wildman–Crippen LogP) is 4.22. The van der Waals surface area contributed by atoms with Crippen LogP contribution in [0.1, 0.15) is 43.1 Å². The fourth-order valence-electron chi connectivity index (χ4n) is 2.76. The summed E-state index contributed by atoms with van der Waals surface area (Å²) in [6.07, 6.45) is -1.14. The van der Waals surface area contributed by atoms with E-state index >= 15 is 0 Å². The molecule has 2 heterocycles. The molecule has 8 nitrogen and oxygen atoms in total. The zero-order valence-electron chi connectivity index (χ0n) is 17.8. The number of thiophene rings is 1. The number of ether oxygens (including phenoxy) is 1. The van der Waals surface area contributed by atoms with Gasteiger partial charge in [-0.2, -0.15) is 5.10 Å². The average molecular weight is 463 g/mol. The van der Waals surface area contributed by atoms with E-state index < -0.39 is 29.6 Å². The minimum atomic E-state index is -1.14. The van der Waals surface area contributed by atoms with E-state index in [9.17, 15) is 14.4 Å². The summed E-state index contributed by atoms with van der Waals surface area (Å²) in [4.78, 5) is 37.7. The second kappa shape index (κ2) is 8.68. The molecule has 0 saturated heterocycles. The van der Waals surface area contributed by atoms with Crippen molar-refractivity contribution in [2.24, 2.45) is 0 Å². The molecule has 0 spiro atoms. The first-order valence-electron chi connectivity index (χ1n) is 9.53. The molecule has 1 aromatic carbocycles. The molecule has 0 aliphatic carbocycles. The second-order valence-electron chi connectivity index (χ2n) is 8.04. The Kier molecular flexibility index (Phi) is 6.38. The van der Waals surface area contributed by atoms with E-state index in [1.54, 1.807) is 43.7 Å². The summed E-state index contributed by atoms with van der Waals surface area (Å²) in [7, 11) is 0. The first kappa shape index (κ1) is 22.8. The molecule has 0 bridgehead atoms. The van der Waals surface area contributed by atoms with Gasteiger partial charge in [0.2, 0.25) is 0 Å². The SMILES string of the molecule is Cc1nn(-c2ccc(Cl)cc2)c2sc(C(=O)OC(C)C(=O)NC(=O)NC(C)(C)C)cc12. The van der Waals surface area contributed by atoms with E-state index in [0.717, 1.165) is 21.6 Å². The highest BCUT2D eigenvalue weighted by atomic mass is 35.5. The monoisotopic (exact) mass is 462 g/mol. The van der Waals surface area contributed by atoms with Crippen molar-refractivity contribution in [3.05, 3.63) is 45.9 Å². The fraction of sp³-hybridized carbons (Fsp3) is 0.333. The van der Waals surface area contributed by atoms with E-state index in [4.69, 9.17) is 16.3 Å². The van der Waals surface area contributed by atoms with Crippen molar-refractivity contribution < 1.29 is 19.1 Å². The van der Waals surface area contributed by atoms with Gasteiger partial charge in [0.1, 0.15) is 9.71 Å². The predicted molar refractivity (Wildman–Crippen MR) is 120 cm³/mol. The summed E-state index contributed by atoms with van der Waals surface area (Å²) in [5.41, 5.74) is 1.06. The van der Waals surface area contributed by atoms with Gasteiger partial charge in [0.25, 0.3) is 5.91 Å². The van der Waals surface area contributed by atoms with Crippen molar-refractivity contribution in [3.8, 4) is 5.69 Å². The number of esters is 1. The summed E-state index contributed by atoms with van der Waals surface area (Å²) in [5, 5.41) is 10.7. The van der Waals surface area contributed by atoms with Crippen molar-refractivity contribution in [1.82, 2.24) is 20.4 Å². The van der Waals surface area contributed by atoms with Crippen LogP contribution in [0, 0.1) is 6.92 Å². The molecule has 0 saturated carbocycles. The summed E-state index contributed by atoms with van der Waals surface area (Å²) < 4.78 is 6.99. The number of aromatic nitrogens is 2. The summed E-state index contributed by atoms with van der Waals surface area (Å²) in [6, 6.07) is 8.23. The molecule has 1 atom stereocenters. The molecule has 0 aliphatic rings. The van der Waals surface area contributed by atoms with Crippen LogP contribution in [-0.4, -0.2) is 39.3 Å². The number of benzene rings is 1. The van der Waals surface area contributed by atoms with Crippen molar-refractivity contribution in [2.75, 3.05) is 0 Å². The maximum absolute atomic E-state index is 12.6. The number of carbonyl (C=O) groups excluding carboxylic acids is 3. The molecule has 10 heteroatoms. The molecule has 3 rings (SSSR count). The number of amides is 3. The zero-order chi connectivity index (χ0) is 22.9. The van der Waals surface area contributed by atoms with Crippen LogP contribution in [0.4, 0.5) is 4.79 Å². The quantitative estimate of drug-likeness (QED) is 0.565. The van der Waals surface area contributed by atoms with Crippen LogP contribution in [0.2, 0.25) is 5.02 Å². The number of nitrogens with one attached hydrogen (secondary N) is 2. The number of urea groups is 1. The smallest absolute Gasteiger partial charge is 0.349 e. The Bertz CT molecular complexity index is 1140. The topological polar surface area (TPSA) is 102 Å². The second-order valence-corrected chi connectivity index (χ2v) is 9.51. The van der Waals surface area contributed by atoms with Crippen molar-refractivity contribution >= 4 is 51.1 Å². The lowest BCUT2D eigenvalue weighted by molar-refractivity contribution is -0.127. The fourth-order valence-corrected chi connectivity index (χ4v) is 3.95. The Labute approximate surface area is 188 Å². The Hall–Kier alpha value is -2.91. The largest absolute Gasteiger partial charge is 0.448 e. The lowest BCUT2D eigenvalue weighted by Crippen LogP contribution is -2.50. The van der Waals surface area contributed by atoms with Crippen LogP contribution >= 0.6 is 22.9 Å². The normalized spacial score (nSPS) is 12.5. The highest BCUT2D eigenvalue weighted by molar-refractivity contribution is 7.20. The summed E-state index contributed by atoms with van der Waals surface area (Å²) in [5.74, 6) is -1.36. The minimum Gasteiger partial charge on any atom is -0.448 e. The third-order valence-corrected chi connectivity index (χ3v) is 5.54.